The first-order chi connectivity index (χ1) is 21.1. The van der Waals surface area contributed by atoms with E-state index in [0.29, 0.717) is 40.5 Å². The van der Waals surface area contributed by atoms with Crippen LogP contribution in [0.25, 0.3) is 10.8 Å². The zero-order valence-electron chi connectivity index (χ0n) is 26.6. The van der Waals surface area contributed by atoms with Gasteiger partial charge >= 0.3 is 5.97 Å². The molecule has 0 spiro atoms. The van der Waals surface area contributed by atoms with E-state index in [-0.39, 0.29) is 41.5 Å². The molecular weight excluding hydrogens is 653 g/mol. The van der Waals surface area contributed by atoms with Gasteiger partial charge in [0.25, 0.3) is 15.9 Å². The number of carboxylic acid groups (broad SMARTS) is 1. The van der Waals surface area contributed by atoms with Gasteiger partial charge in [-0.05, 0) is 115 Å². The van der Waals surface area contributed by atoms with Gasteiger partial charge in [-0.3, -0.25) is 9.59 Å². The number of halogens is 2. The average molecular weight is 703 g/mol. The van der Waals surface area contributed by atoms with Gasteiger partial charge in [-0.2, -0.15) is 0 Å². The third-order valence-corrected chi connectivity index (χ3v) is 10.5. The molecule has 0 bridgehead atoms. The lowest BCUT2D eigenvalue weighted by Gasteiger charge is -2.31. The molecule has 0 saturated carbocycles. The predicted molar refractivity (Wildman–Crippen MR) is 183 cm³/mol. The molecule has 0 radical (unpaired) electrons. The highest BCUT2D eigenvalue weighted by atomic mass is 35.5. The number of nitrogens with zero attached hydrogens (tertiary/aromatic N) is 1. The minimum atomic E-state index is -4.36. The molecule has 2 unspecified atom stereocenters. The molecule has 0 aromatic heterocycles. The van der Waals surface area contributed by atoms with Crippen molar-refractivity contribution in [2.45, 2.75) is 82.2 Å². The molecule has 46 heavy (non-hydrogen) atoms. The lowest BCUT2D eigenvalue weighted by Crippen LogP contribution is -2.59. The van der Waals surface area contributed by atoms with Gasteiger partial charge in [-0.15, -0.1) is 29.6 Å². The lowest BCUT2D eigenvalue weighted by atomic mass is 9.84. The van der Waals surface area contributed by atoms with Crippen molar-refractivity contribution in [3.05, 3.63) is 42.5 Å². The zero-order chi connectivity index (χ0) is 31.7. The molecule has 0 aliphatic carbocycles. The Hall–Kier alpha value is -2.48. The normalized spacial score (nSPS) is 17.4. The van der Waals surface area contributed by atoms with Crippen molar-refractivity contribution < 1.29 is 27.9 Å². The third-order valence-electron chi connectivity index (χ3n) is 9.10. The average Bonchev–Trinajstić information content (AvgIpc) is 3.03. The van der Waals surface area contributed by atoms with Crippen molar-refractivity contribution in [3.63, 3.8) is 0 Å². The van der Waals surface area contributed by atoms with Crippen molar-refractivity contribution in [1.29, 1.82) is 0 Å². The summed E-state index contributed by atoms with van der Waals surface area (Å²) in [4.78, 5) is 41.4. The van der Waals surface area contributed by atoms with Crippen LogP contribution in [0.15, 0.2) is 47.4 Å². The minimum absolute atomic E-state index is 0. The number of amides is 2. The number of aliphatic carboxylic acids is 1. The maximum absolute atomic E-state index is 13.6. The molecular formula is C32H49Cl2N5O6S. The number of benzene rings is 2. The number of hydrazine groups is 1. The first-order valence-corrected chi connectivity index (χ1v) is 17.3. The number of hydrogen-bond donors (Lipinski definition) is 5. The molecule has 2 aromatic rings. The number of fused-ring (bicyclic) bond motifs is 1. The van der Waals surface area contributed by atoms with E-state index in [2.05, 4.69) is 20.8 Å². The van der Waals surface area contributed by atoms with Gasteiger partial charge in [0.15, 0.2) is 0 Å². The van der Waals surface area contributed by atoms with Crippen molar-refractivity contribution >= 4 is 63.4 Å². The maximum Gasteiger partial charge on any atom is 0.327 e. The summed E-state index contributed by atoms with van der Waals surface area (Å²) in [5, 5.41) is 21.0. The van der Waals surface area contributed by atoms with Gasteiger partial charge in [0, 0.05) is 11.3 Å². The largest absolute Gasteiger partial charge is 0.480 e. The zero-order valence-corrected chi connectivity index (χ0v) is 29.0. The minimum Gasteiger partial charge on any atom is -0.480 e. The summed E-state index contributed by atoms with van der Waals surface area (Å²) in [7, 11) is -4.36. The Balaban J connectivity index is 0.00000368. The van der Waals surface area contributed by atoms with Crippen LogP contribution in [0.2, 0.25) is 0 Å². The molecule has 14 heteroatoms. The second kappa shape index (κ2) is 18.8. The van der Waals surface area contributed by atoms with E-state index < -0.39 is 34.0 Å². The molecule has 2 atom stereocenters. The van der Waals surface area contributed by atoms with Gasteiger partial charge in [0.1, 0.15) is 12.1 Å². The summed E-state index contributed by atoms with van der Waals surface area (Å²) in [6.07, 6.45) is 7.61. The van der Waals surface area contributed by atoms with E-state index in [4.69, 9.17) is 0 Å². The second-order valence-electron chi connectivity index (χ2n) is 12.3. The van der Waals surface area contributed by atoms with Crippen LogP contribution in [0.4, 0.5) is 0 Å². The molecule has 2 amide bonds. The van der Waals surface area contributed by atoms with Gasteiger partial charge < -0.3 is 21.1 Å². The predicted octanol–water partition coefficient (Wildman–Crippen LogP) is 3.86. The molecule has 2 aliphatic heterocycles. The Morgan fingerprint density at radius 2 is 1.39 bits per heavy atom. The van der Waals surface area contributed by atoms with Crippen molar-refractivity contribution in [1.82, 2.24) is 25.8 Å². The fourth-order valence-corrected chi connectivity index (χ4v) is 7.60. The van der Waals surface area contributed by atoms with Crippen LogP contribution < -0.4 is 20.8 Å². The van der Waals surface area contributed by atoms with Crippen LogP contribution in [0.1, 0.15) is 65.2 Å². The third kappa shape index (κ3) is 10.8. The number of carboxylic acids is 1. The van der Waals surface area contributed by atoms with E-state index >= 15 is 0 Å². The Kier molecular flexibility index (Phi) is 16.2. The number of carbonyl (C=O) groups excluding carboxylic acids is 2. The summed E-state index contributed by atoms with van der Waals surface area (Å²) in [5.74, 6) is -1.67. The number of carbonyl (C=O) groups is 3. The standard InChI is InChI=1S/C32H47N5O6S.2ClH/c1-22(35-30(38)27(12-10-24-14-18-33-19-15-24)13-11-25-16-20-34-21-17-25)31(39)37(23(2)32(40)41)36-44(42,43)29-9-5-7-26-6-3-4-8-28(26)29;;/h3-9,22-25,27,33-34,36H,10-21H2,1-2H3,(H,35,38)(H,40,41);2*1H. The van der Waals surface area contributed by atoms with E-state index in [0.717, 1.165) is 64.7 Å². The highest BCUT2D eigenvalue weighted by Gasteiger charge is 2.35. The van der Waals surface area contributed by atoms with E-state index in [1.54, 1.807) is 36.4 Å². The number of sulfonamides is 1. The molecule has 5 N–H and O–H groups in total. The van der Waals surface area contributed by atoms with Gasteiger partial charge in [0.05, 0.1) is 4.90 Å². The van der Waals surface area contributed by atoms with Crippen LogP contribution in [-0.2, 0) is 24.4 Å². The Labute approximate surface area is 284 Å². The topological polar surface area (TPSA) is 157 Å². The molecule has 11 nitrogen and oxygen atoms in total. The fraction of sp³-hybridized carbons (Fsp3) is 0.594. The smallest absolute Gasteiger partial charge is 0.327 e. The first-order valence-electron chi connectivity index (χ1n) is 15.8. The van der Waals surface area contributed by atoms with Gasteiger partial charge in [-0.1, -0.05) is 36.4 Å². The van der Waals surface area contributed by atoms with Crippen molar-refractivity contribution in [2.24, 2.45) is 17.8 Å². The van der Waals surface area contributed by atoms with Gasteiger partial charge in [0.2, 0.25) is 5.91 Å². The molecule has 2 aromatic carbocycles. The molecule has 2 saturated heterocycles. The first kappa shape index (κ1) is 39.7. The highest BCUT2D eigenvalue weighted by Crippen LogP contribution is 2.27. The van der Waals surface area contributed by atoms with Crippen LogP contribution in [0.3, 0.4) is 0 Å². The van der Waals surface area contributed by atoms with Crippen LogP contribution >= 0.6 is 24.8 Å². The Bertz CT molecular complexity index is 1380. The van der Waals surface area contributed by atoms with Crippen molar-refractivity contribution in [3.8, 4) is 0 Å². The quantitative estimate of drug-likeness (QED) is 0.186. The molecule has 2 fully saturated rings. The molecule has 258 valence electrons. The second-order valence-corrected chi connectivity index (χ2v) is 13.9. The van der Waals surface area contributed by atoms with Crippen LogP contribution in [-0.4, -0.2) is 74.6 Å². The maximum atomic E-state index is 13.6. The van der Waals surface area contributed by atoms with Crippen LogP contribution in [0.5, 0.6) is 0 Å². The van der Waals surface area contributed by atoms with Crippen molar-refractivity contribution in [2.75, 3.05) is 26.2 Å². The Morgan fingerprint density at radius 1 is 0.870 bits per heavy atom. The summed E-state index contributed by atoms with van der Waals surface area (Å²) < 4.78 is 27.0. The van der Waals surface area contributed by atoms with E-state index in [9.17, 15) is 27.9 Å². The molecule has 2 heterocycles. The number of hydrogen-bond acceptors (Lipinski definition) is 7. The summed E-state index contributed by atoms with van der Waals surface area (Å²) in [5.41, 5.74) is 0. The number of piperidine rings is 2. The Morgan fingerprint density at radius 3 is 1.93 bits per heavy atom. The number of nitrogens with one attached hydrogen (secondary N) is 4. The summed E-state index contributed by atoms with van der Waals surface area (Å²) >= 11 is 0. The highest BCUT2D eigenvalue weighted by molar-refractivity contribution is 7.89. The summed E-state index contributed by atoms with van der Waals surface area (Å²) in [6.45, 7) is 6.61. The van der Waals surface area contributed by atoms with E-state index in [1.165, 1.54) is 19.9 Å². The molecule has 4 rings (SSSR count). The van der Waals surface area contributed by atoms with Gasteiger partial charge in [-0.25, -0.2) is 18.2 Å². The van der Waals surface area contributed by atoms with Crippen LogP contribution in [0, 0.1) is 17.8 Å². The number of rotatable bonds is 14. The SMILES string of the molecule is CC(NC(=O)C(CCC1CCNCC1)CCC1CCNCC1)C(=O)N(NS(=O)(=O)c1cccc2ccccc12)C(C)C(=O)O.Cl.Cl. The monoisotopic (exact) mass is 701 g/mol. The fourth-order valence-electron chi connectivity index (χ4n) is 6.26. The van der Waals surface area contributed by atoms with E-state index in [1.807, 2.05) is 0 Å². The molecule has 2 aliphatic rings. The summed E-state index contributed by atoms with van der Waals surface area (Å²) in [6, 6.07) is 8.97. The lowest BCUT2D eigenvalue weighted by molar-refractivity contribution is -0.152.